The summed E-state index contributed by atoms with van der Waals surface area (Å²) in [5.41, 5.74) is -3.80. The Hall–Kier alpha value is -1.23. The van der Waals surface area contributed by atoms with Gasteiger partial charge in [0.25, 0.3) is 0 Å². The highest BCUT2D eigenvalue weighted by molar-refractivity contribution is 5.73. The van der Waals surface area contributed by atoms with Crippen molar-refractivity contribution < 1.29 is 62.9 Å². The lowest BCUT2D eigenvalue weighted by Crippen LogP contribution is -2.64. The van der Waals surface area contributed by atoms with Crippen molar-refractivity contribution in [2.24, 2.45) is 23.7 Å². The predicted octanol–water partition coefficient (Wildman–Crippen LogP) is 3.71. The Bertz CT molecular complexity index is 1270. The van der Waals surface area contributed by atoms with Gasteiger partial charge in [-0.1, -0.05) is 33.8 Å². The molecule has 2 bridgehead atoms. The number of methoxy groups -OCH3 is 1. The predicted molar refractivity (Wildman–Crippen MR) is 202 cm³/mol. The monoisotopic (exact) mass is 773 g/mol. The van der Waals surface area contributed by atoms with Crippen LogP contribution in [0.1, 0.15) is 101 Å². The second-order valence-corrected chi connectivity index (χ2v) is 18.4. The highest BCUT2D eigenvalue weighted by Gasteiger charge is 2.58. The quantitative estimate of drug-likeness (QED) is 0.145. The number of carbonyl (C=O) groups excluding carboxylic acids is 1. The first kappa shape index (κ1) is 45.5. The number of fused-ring (bicyclic) bond motifs is 2. The summed E-state index contributed by atoms with van der Waals surface area (Å²) in [4.78, 5) is 14.2. The van der Waals surface area contributed by atoms with Crippen LogP contribution in [0.4, 0.5) is 0 Å². The van der Waals surface area contributed by atoms with Crippen LogP contribution >= 0.6 is 0 Å². The molecule has 4 saturated heterocycles. The number of aliphatic hydroxyl groups is 4. The van der Waals surface area contributed by atoms with E-state index in [1.165, 1.54) is 14.0 Å². The summed E-state index contributed by atoms with van der Waals surface area (Å²) in [5.74, 6) is -2.77. The molecule has 54 heavy (non-hydrogen) atoms. The van der Waals surface area contributed by atoms with E-state index in [0.29, 0.717) is 17.3 Å². The molecule has 13 heteroatoms. The Morgan fingerprint density at radius 2 is 1.61 bits per heavy atom. The van der Waals surface area contributed by atoms with Crippen LogP contribution in [-0.2, 0) is 38.0 Å². The summed E-state index contributed by atoms with van der Waals surface area (Å²) < 4.78 is 45.9. The molecule has 4 heterocycles. The van der Waals surface area contributed by atoms with Gasteiger partial charge < -0.3 is 58.1 Å². The number of hydrogen-bond donors (Lipinski definition) is 4. The fourth-order valence-electron chi connectivity index (χ4n) is 9.97. The van der Waals surface area contributed by atoms with Gasteiger partial charge in [0.2, 0.25) is 0 Å². The molecule has 0 spiro atoms. The molecular weight excluding hydrogens is 698 g/mol. The van der Waals surface area contributed by atoms with Crippen molar-refractivity contribution in [1.29, 1.82) is 0 Å². The zero-order valence-corrected chi connectivity index (χ0v) is 35.3. The van der Waals surface area contributed by atoms with Crippen LogP contribution in [0.2, 0.25) is 0 Å². The Labute approximate surface area is 324 Å². The average Bonchev–Trinajstić information content (AvgIpc) is 3.43. The third-order valence-corrected chi connectivity index (χ3v) is 13.5. The largest absolute Gasteiger partial charge is 0.459 e. The summed E-state index contributed by atoms with van der Waals surface area (Å²) in [6.45, 7) is 23.0. The molecule has 0 aromatic heterocycles. The zero-order valence-electron chi connectivity index (χ0n) is 35.3. The van der Waals surface area contributed by atoms with E-state index in [4.69, 9.17) is 33.2 Å². The number of carbonyl (C=O) groups is 1. The summed E-state index contributed by atoms with van der Waals surface area (Å²) >= 11 is 0. The smallest absolute Gasteiger partial charge is 0.311 e. The molecular formula is C41H74NO12+. The molecule has 0 aromatic carbocycles. The van der Waals surface area contributed by atoms with Crippen molar-refractivity contribution in [3.05, 3.63) is 12.7 Å². The molecule has 4 aliphatic heterocycles. The van der Waals surface area contributed by atoms with Gasteiger partial charge in [0.05, 0.1) is 74.4 Å². The number of nitrogens with zero attached hydrogens (tertiary/aromatic N) is 1. The van der Waals surface area contributed by atoms with Gasteiger partial charge in [-0.05, 0) is 60.3 Å². The fraction of sp³-hybridized carbons (Fsp3) is 0.927. The normalized spacial score (nSPS) is 49.7. The van der Waals surface area contributed by atoms with Crippen molar-refractivity contribution in [2.75, 3.05) is 27.7 Å². The van der Waals surface area contributed by atoms with E-state index in [0.717, 1.165) is 13.0 Å². The van der Waals surface area contributed by atoms with Gasteiger partial charge in [-0.25, -0.2) is 0 Å². The minimum atomic E-state index is -1.79. The number of quaternary nitrogens is 1. The number of cyclic esters (lactones) is 1. The maximum absolute atomic E-state index is 14.2. The van der Waals surface area contributed by atoms with Crippen molar-refractivity contribution >= 4 is 5.97 Å². The Balaban J connectivity index is 1.84. The number of ether oxygens (including phenoxy) is 7. The molecule has 0 amide bonds. The summed E-state index contributed by atoms with van der Waals surface area (Å²) in [6.07, 6.45) is -4.99. The number of hydrogen-bond acceptors (Lipinski definition) is 12. The molecule has 314 valence electrons. The molecule has 19 atom stereocenters. The van der Waals surface area contributed by atoms with Crippen molar-refractivity contribution in [3.8, 4) is 0 Å². The van der Waals surface area contributed by atoms with E-state index >= 15 is 0 Å². The SMILES string of the molecule is C=CCC[N+](C)(C)[C@H]1C[C@@H](C)O[C@@H](O[C@@H]2[C@@H](C)[C@H](O[C@H]3C[C@@](C)(OC)[C@@H](O)[C@H](C)O3)[C@@H](C)C(=O)O[C@H](CC)[C@@](C)(O)[C@H](O)[C@@H](C)[C@@H]3O[C@]2(C)C[C@H]3C)[C@@H]1O. The maximum atomic E-state index is 14.2. The average molecular weight is 773 g/mol. The summed E-state index contributed by atoms with van der Waals surface area (Å²) in [6, 6.07) is -0.202. The molecule has 0 radical (unpaired) electrons. The van der Waals surface area contributed by atoms with Gasteiger partial charge in [0.15, 0.2) is 18.7 Å². The van der Waals surface area contributed by atoms with E-state index in [1.54, 1.807) is 27.7 Å². The topological polar surface area (TPSA) is 163 Å². The van der Waals surface area contributed by atoms with E-state index in [1.807, 2.05) is 33.8 Å². The summed E-state index contributed by atoms with van der Waals surface area (Å²) in [7, 11) is 5.73. The first-order chi connectivity index (χ1) is 25.0. The second kappa shape index (κ2) is 17.3. The highest BCUT2D eigenvalue weighted by Crippen LogP contribution is 2.48. The molecule has 0 saturated carbocycles. The maximum Gasteiger partial charge on any atom is 0.311 e. The van der Waals surface area contributed by atoms with E-state index in [9.17, 15) is 25.2 Å². The number of esters is 1. The van der Waals surface area contributed by atoms with E-state index in [2.05, 4.69) is 27.6 Å². The lowest BCUT2D eigenvalue weighted by Gasteiger charge is -2.50. The van der Waals surface area contributed by atoms with Crippen LogP contribution in [0.3, 0.4) is 0 Å². The van der Waals surface area contributed by atoms with E-state index in [-0.39, 0.29) is 30.9 Å². The Morgan fingerprint density at radius 3 is 2.20 bits per heavy atom. The molecule has 0 unspecified atom stereocenters. The van der Waals surface area contributed by atoms with Crippen LogP contribution in [0.15, 0.2) is 12.7 Å². The van der Waals surface area contributed by atoms with Crippen LogP contribution in [0.25, 0.3) is 0 Å². The van der Waals surface area contributed by atoms with Crippen molar-refractivity contribution in [3.63, 3.8) is 0 Å². The number of rotatable bonds is 10. The van der Waals surface area contributed by atoms with Gasteiger partial charge >= 0.3 is 5.97 Å². The van der Waals surface area contributed by atoms with Crippen molar-refractivity contribution in [2.45, 2.75) is 192 Å². The minimum absolute atomic E-state index is 0.0686. The van der Waals surface area contributed by atoms with Crippen molar-refractivity contribution in [1.82, 2.24) is 0 Å². The number of aliphatic hydroxyl groups excluding tert-OH is 3. The van der Waals surface area contributed by atoms with Gasteiger partial charge in [-0.3, -0.25) is 4.79 Å². The Morgan fingerprint density at radius 1 is 0.963 bits per heavy atom. The van der Waals surface area contributed by atoms with Crippen LogP contribution in [-0.4, -0.2) is 149 Å². The summed E-state index contributed by atoms with van der Waals surface area (Å²) in [5, 5.41) is 46.6. The third kappa shape index (κ3) is 9.07. The molecule has 4 rings (SSSR count). The van der Waals surface area contributed by atoms with Crippen LogP contribution in [0, 0.1) is 23.7 Å². The third-order valence-electron chi connectivity index (χ3n) is 13.5. The lowest BCUT2D eigenvalue weighted by molar-refractivity contribution is -0.921. The van der Waals surface area contributed by atoms with Gasteiger partial charge in [0, 0.05) is 38.2 Å². The molecule has 0 aliphatic carbocycles. The first-order valence-corrected chi connectivity index (χ1v) is 20.2. The molecule has 13 nitrogen and oxygen atoms in total. The van der Waals surface area contributed by atoms with Gasteiger partial charge in [-0.2, -0.15) is 0 Å². The Kier molecular flexibility index (Phi) is 14.6. The standard InChI is InChI=1S/C41H74NO12/c1-15-17-18-42(12,13)28-19-23(4)49-38(31(28)43)53-36-25(6)33(52-30-21-39(9,48-14)35(45)27(8)50-30)26(7)37(46)51-29(16-2)41(11,47)34(44)24(5)32-22(3)20-40(36,10)54-32/h15,22-36,38,43-45,47H,1,16-21H2,2-14H3/q+1/t22-,23-,24+,25+,26-,27+,28+,29-,30+,31-,32-,33+,34-,35+,36-,38+,39-,40-,41-/m1/s1. The molecule has 0 aromatic rings. The first-order valence-electron chi connectivity index (χ1n) is 20.2. The molecule has 4 N–H and O–H groups in total. The van der Waals surface area contributed by atoms with Crippen LogP contribution in [0.5, 0.6) is 0 Å². The fourth-order valence-corrected chi connectivity index (χ4v) is 9.97. The lowest BCUT2D eigenvalue weighted by atomic mass is 9.76. The van der Waals surface area contributed by atoms with Gasteiger partial charge in [-0.15, -0.1) is 6.58 Å². The second-order valence-electron chi connectivity index (χ2n) is 18.4. The number of likely N-dealkylation sites (N-methyl/N-ethyl adjacent to an activating group) is 1. The highest BCUT2D eigenvalue weighted by atomic mass is 16.7. The van der Waals surface area contributed by atoms with Crippen LogP contribution < -0.4 is 0 Å². The zero-order chi connectivity index (χ0) is 40.7. The van der Waals surface area contributed by atoms with Gasteiger partial charge in [0.1, 0.15) is 23.9 Å². The van der Waals surface area contributed by atoms with E-state index < -0.39 is 102 Å². The minimum Gasteiger partial charge on any atom is -0.459 e. The molecule has 4 aliphatic rings. The molecule has 4 fully saturated rings.